The summed E-state index contributed by atoms with van der Waals surface area (Å²) in [6, 6.07) is 10.4. The lowest BCUT2D eigenvalue weighted by Gasteiger charge is -2.15. The Morgan fingerprint density at radius 3 is 2.48 bits per heavy atom. The summed E-state index contributed by atoms with van der Waals surface area (Å²) in [5.41, 5.74) is 1.01. The van der Waals surface area contributed by atoms with Crippen molar-refractivity contribution >= 4 is 5.97 Å². The van der Waals surface area contributed by atoms with E-state index in [4.69, 9.17) is 4.74 Å². The maximum atomic E-state index is 10.8. The number of hydrogen-bond donors (Lipinski definition) is 1. The summed E-state index contributed by atoms with van der Waals surface area (Å²) in [7, 11) is 0. The molecule has 1 aromatic rings. The highest BCUT2D eigenvalue weighted by atomic mass is 16.5. The molecule has 0 spiro atoms. The molecular formula is C19H29NO3. The summed E-state index contributed by atoms with van der Waals surface area (Å²) in [4.78, 5) is 13.1. The molecule has 1 aliphatic carbocycles. The van der Waals surface area contributed by atoms with Crippen LogP contribution in [-0.2, 0) is 16.1 Å². The minimum Gasteiger partial charge on any atom is -0.461 e. The third-order valence-electron chi connectivity index (χ3n) is 4.49. The maximum absolute atomic E-state index is 10.8. The minimum atomic E-state index is -0.306. The Morgan fingerprint density at radius 2 is 1.96 bits per heavy atom. The lowest BCUT2D eigenvalue weighted by Crippen LogP contribution is -2.24. The van der Waals surface area contributed by atoms with Crippen LogP contribution in [0.15, 0.2) is 30.3 Å². The standard InChI is InChI=1S/C13H17NO2.C6H12O/c1-11(15)16-13-7-8-14(10-13)9-12-5-3-2-4-6-12;1-6(7)4-2-3-5-6/h2-6,13H,7-10H2,1H3;7H,2-5H2,1H3. The molecule has 3 rings (SSSR count). The zero-order valence-corrected chi connectivity index (χ0v) is 14.3. The highest BCUT2D eigenvalue weighted by molar-refractivity contribution is 5.66. The third kappa shape index (κ3) is 6.71. The van der Waals surface area contributed by atoms with Gasteiger partial charge in [0.15, 0.2) is 0 Å². The third-order valence-corrected chi connectivity index (χ3v) is 4.49. The number of hydrogen-bond acceptors (Lipinski definition) is 4. The van der Waals surface area contributed by atoms with E-state index in [0.717, 1.165) is 38.9 Å². The highest BCUT2D eigenvalue weighted by Crippen LogP contribution is 2.27. The van der Waals surface area contributed by atoms with Crippen molar-refractivity contribution in [3.63, 3.8) is 0 Å². The quantitative estimate of drug-likeness (QED) is 0.870. The molecular weight excluding hydrogens is 290 g/mol. The summed E-state index contributed by atoms with van der Waals surface area (Å²) in [5.74, 6) is -0.174. The highest BCUT2D eigenvalue weighted by Gasteiger charge is 2.25. The Labute approximate surface area is 139 Å². The number of aliphatic hydroxyl groups is 1. The van der Waals surface area contributed by atoms with Gasteiger partial charge < -0.3 is 9.84 Å². The number of esters is 1. The lowest BCUT2D eigenvalue weighted by atomic mass is 10.1. The molecule has 1 aromatic carbocycles. The smallest absolute Gasteiger partial charge is 0.302 e. The fourth-order valence-electron chi connectivity index (χ4n) is 3.25. The van der Waals surface area contributed by atoms with Crippen molar-refractivity contribution in [1.29, 1.82) is 0 Å². The molecule has 0 aromatic heterocycles. The summed E-state index contributed by atoms with van der Waals surface area (Å²) in [6.07, 6.45) is 5.48. The summed E-state index contributed by atoms with van der Waals surface area (Å²) in [6.45, 7) is 6.19. The van der Waals surface area contributed by atoms with E-state index in [9.17, 15) is 9.90 Å². The second kappa shape index (κ2) is 8.46. The molecule has 1 aliphatic heterocycles. The van der Waals surface area contributed by atoms with Gasteiger partial charge >= 0.3 is 5.97 Å². The zero-order valence-electron chi connectivity index (χ0n) is 14.3. The molecule has 128 valence electrons. The summed E-state index contributed by atoms with van der Waals surface area (Å²) in [5, 5.41) is 9.19. The van der Waals surface area contributed by atoms with Crippen LogP contribution in [0.1, 0.15) is 51.5 Å². The summed E-state index contributed by atoms with van der Waals surface area (Å²) < 4.78 is 5.20. The molecule has 1 saturated carbocycles. The maximum Gasteiger partial charge on any atom is 0.302 e. The van der Waals surface area contributed by atoms with Gasteiger partial charge in [-0.3, -0.25) is 9.69 Å². The van der Waals surface area contributed by atoms with E-state index in [1.54, 1.807) is 0 Å². The molecule has 2 aliphatic rings. The molecule has 4 heteroatoms. The van der Waals surface area contributed by atoms with Crippen molar-refractivity contribution in [2.75, 3.05) is 13.1 Å². The van der Waals surface area contributed by atoms with Crippen LogP contribution in [0.3, 0.4) is 0 Å². The first-order valence-corrected chi connectivity index (χ1v) is 8.60. The van der Waals surface area contributed by atoms with Crippen molar-refractivity contribution in [3.05, 3.63) is 35.9 Å². The van der Waals surface area contributed by atoms with Crippen molar-refractivity contribution in [1.82, 2.24) is 4.90 Å². The minimum absolute atomic E-state index is 0.0845. The molecule has 0 bridgehead atoms. The number of carbonyl (C=O) groups excluding carboxylic acids is 1. The Morgan fingerprint density at radius 1 is 1.30 bits per heavy atom. The largest absolute Gasteiger partial charge is 0.461 e. The van der Waals surface area contributed by atoms with E-state index in [1.165, 1.54) is 25.3 Å². The SMILES string of the molecule is CC(=O)OC1CCN(Cc2ccccc2)C1.CC1(O)CCCC1. The first-order chi connectivity index (χ1) is 10.9. The van der Waals surface area contributed by atoms with E-state index in [2.05, 4.69) is 29.2 Å². The van der Waals surface area contributed by atoms with Crippen LogP contribution in [-0.4, -0.2) is 40.8 Å². The second-order valence-electron chi connectivity index (χ2n) is 6.94. The van der Waals surface area contributed by atoms with Gasteiger partial charge in [0.1, 0.15) is 6.10 Å². The van der Waals surface area contributed by atoms with Crippen LogP contribution in [0.5, 0.6) is 0 Å². The van der Waals surface area contributed by atoms with Gasteiger partial charge in [-0.05, 0) is 31.7 Å². The van der Waals surface area contributed by atoms with Crippen molar-refractivity contribution in [2.45, 2.75) is 64.2 Å². The Balaban J connectivity index is 0.000000229. The first kappa shape index (κ1) is 18.0. The Hall–Kier alpha value is -1.39. The Bertz CT molecular complexity index is 479. The van der Waals surface area contributed by atoms with Crippen molar-refractivity contribution < 1.29 is 14.6 Å². The van der Waals surface area contributed by atoms with Gasteiger partial charge in [-0.25, -0.2) is 0 Å². The monoisotopic (exact) mass is 319 g/mol. The molecule has 4 nitrogen and oxygen atoms in total. The molecule has 2 fully saturated rings. The fraction of sp³-hybridized carbons (Fsp3) is 0.632. The predicted molar refractivity (Wildman–Crippen MR) is 91.0 cm³/mol. The van der Waals surface area contributed by atoms with Gasteiger partial charge in [0.2, 0.25) is 0 Å². The molecule has 1 saturated heterocycles. The van der Waals surface area contributed by atoms with Gasteiger partial charge in [0.25, 0.3) is 0 Å². The van der Waals surface area contributed by atoms with Crippen LogP contribution < -0.4 is 0 Å². The van der Waals surface area contributed by atoms with Crippen LogP contribution in [0.4, 0.5) is 0 Å². The van der Waals surface area contributed by atoms with Gasteiger partial charge in [-0.15, -0.1) is 0 Å². The normalized spacial score (nSPS) is 23.2. The molecule has 23 heavy (non-hydrogen) atoms. The second-order valence-corrected chi connectivity index (χ2v) is 6.94. The fourth-order valence-corrected chi connectivity index (χ4v) is 3.25. The van der Waals surface area contributed by atoms with E-state index in [-0.39, 0.29) is 17.7 Å². The number of likely N-dealkylation sites (tertiary alicyclic amines) is 1. The number of ether oxygens (including phenoxy) is 1. The van der Waals surface area contributed by atoms with E-state index in [0.29, 0.717) is 0 Å². The topological polar surface area (TPSA) is 49.8 Å². The van der Waals surface area contributed by atoms with Crippen molar-refractivity contribution in [3.8, 4) is 0 Å². The molecule has 1 unspecified atom stereocenters. The average Bonchev–Trinajstić information content (AvgIpc) is 3.09. The number of rotatable bonds is 3. The zero-order chi connectivity index (χ0) is 16.7. The van der Waals surface area contributed by atoms with E-state index in [1.807, 2.05) is 13.0 Å². The Kier molecular flexibility index (Phi) is 6.60. The molecule has 0 radical (unpaired) electrons. The molecule has 1 heterocycles. The first-order valence-electron chi connectivity index (χ1n) is 8.60. The summed E-state index contributed by atoms with van der Waals surface area (Å²) >= 11 is 0. The van der Waals surface area contributed by atoms with Crippen LogP contribution >= 0.6 is 0 Å². The van der Waals surface area contributed by atoms with Gasteiger partial charge in [-0.1, -0.05) is 43.2 Å². The predicted octanol–water partition coefficient (Wildman–Crippen LogP) is 3.14. The van der Waals surface area contributed by atoms with Gasteiger partial charge in [-0.2, -0.15) is 0 Å². The van der Waals surface area contributed by atoms with Gasteiger partial charge in [0.05, 0.1) is 5.60 Å². The number of carbonyl (C=O) groups is 1. The number of benzene rings is 1. The average molecular weight is 319 g/mol. The molecule has 1 atom stereocenters. The molecule has 1 N–H and O–H groups in total. The van der Waals surface area contributed by atoms with Crippen LogP contribution in [0.2, 0.25) is 0 Å². The number of nitrogens with zero attached hydrogens (tertiary/aromatic N) is 1. The molecule has 0 amide bonds. The van der Waals surface area contributed by atoms with Gasteiger partial charge in [0, 0.05) is 26.6 Å². The van der Waals surface area contributed by atoms with E-state index >= 15 is 0 Å². The van der Waals surface area contributed by atoms with Crippen LogP contribution in [0.25, 0.3) is 0 Å². The van der Waals surface area contributed by atoms with E-state index < -0.39 is 0 Å². The van der Waals surface area contributed by atoms with Crippen LogP contribution in [0, 0.1) is 0 Å². The van der Waals surface area contributed by atoms with Crippen molar-refractivity contribution in [2.24, 2.45) is 0 Å². The lowest BCUT2D eigenvalue weighted by molar-refractivity contribution is -0.145.